The summed E-state index contributed by atoms with van der Waals surface area (Å²) in [5.74, 6) is 0. The monoisotopic (exact) mass is 257 g/mol. The predicted molar refractivity (Wildman–Crippen MR) is 83.5 cm³/mol. The summed E-state index contributed by atoms with van der Waals surface area (Å²) >= 11 is 0. The molecule has 0 spiro atoms. The minimum atomic E-state index is 0.418. The molecule has 1 atom stereocenters. The van der Waals surface area contributed by atoms with E-state index in [1.165, 1.54) is 48.8 Å². The Bertz CT molecular complexity index is 425. The summed E-state index contributed by atoms with van der Waals surface area (Å²) < 4.78 is 0. The zero-order chi connectivity index (χ0) is 13.7. The van der Waals surface area contributed by atoms with Crippen molar-refractivity contribution in [3.8, 4) is 0 Å². The van der Waals surface area contributed by atoms with Gasteiger partial charge in [-0.05, 0) is 51.6 Å². The van der Waals surface area contributed by atoms with E-state index in [1.807, 2.05) is 0 Å². The number of nitrogens with one attached hydrogen (secondary N) is 1. The lowest BCUT2D eigenvalue weighted by Crippen LogP contribution is -2.23. The summed E-state index contributed by atoms with van der Waals surface area (Å²) in [6.07, 6.45) is 9.07. The van der Waals surface area contributed by atoms with Crippen LogP contribution in [0.15, 0.2) is 29.8 Å². The highest BCUT2D eigenvalue weighted by Crippen LogP contribution is 2.30. The molecule has 0 amide bonds. The molecule has 0 saturated carbocycles. The quantitative estimate of drug-likeness (QED) is 0.761. The number of rotatable bonds is 4. The molecule has 0 aromatic heterocycles. The maximum atomic E-state index is 3.68. The fourth-order valence-electron chi connectivity index (χ4n) is 3.15. The van der Waals surface area contributed by atoms with Crippen molar-refractivity contribution >= 4 is 0 Å². The van der Waals surface area contributed by atoms with Crippen LogP contribution >= 0.6 is 0 Å². The minimum absolute atomic E-state index is 0.418. The Labute approximate surface area is 118 Å². The molecule has 1 aromatic carbocycles. The lowest BCUT2D eigenvalue weighted by atomic mass is 9.93. The van der Waals surface area contributed by atoms with Gasteiger partial charge < -0.3 is 5.32 Å². The molecule has 1 nitrogen and oxygen atoms in total. The second-order valence-electron chi connectivity index (χ2n) is 5.79. The lowest BCUT2D eigenvalue weighted by Gasteiger charge is -2.22. The summed E-state index contributed by atoms with van der Waals surface area (Å²) in [4.78, 5) is 0. The van der Waals surface area contributed by atoms with Crippen LogP contribution in [0.3, 0.4) is 0 Å². The summed E-state index contributed by atoms with van der Waals surface area (Å²) in [5, 5.41) is 3.68. The Hall–Kier alpha value is -1.08. The van der Waals surface area contributed by atoms with Crippen molar-refractivity contribution in [2.24, 2.45) is 0 Å². The standard InChI is InChI=1S/C18H27N/c1-4-19-18(16-9-7-5-6-8-10-16)17-12-14(2)11-15(3)13-17/h9,11-13,18-19H,4-8,10H2,1-3H3. The van der Waals surface area contributed by atoms with Crippen molar-refractivity contribution in [2.45, 2.75) is 58.9 Å². The average Bonchev–Trinajstić information content (AvgIpc) is 2.63. The van der Waals surface area contributed by atoms with Crippen molar-refractivity contribution in [1.29, 1.82) is 0 Å². The molecule has 0 heterocycles. The molecule has 104 valence electrons. The van der Waals surface area contributed by atoms with Crippen LogP contribution in [0.4, 0.5) is 0 Å². The second-order valence-corrected chi connectivity index (χ2v) is 5.79. The molecule has 0 bridgehead atoms. The summed E-state index contributed by atoms with van der Waals surface area (Å²) in [7, 11) is 0. The van der Waals surface area contributed by atoms with Crippen LogP contribution in [0.5, 0.6) is 0 Å². The highest BCUT2D eigenvalue weighted by molar-refractivity contribution is 5.35. The third kappa shape index (κ3) is 3.94. The van der Waals surface area contributed by atoms with Gasteiger partial charge in [0, 0.05) is 0 Å². The Morgan fingerprint density at radius 3 is 2.47 bits per heavy atom. The summed E-state index contributed by atoms with van der Waals surface area (Å²) in [5.41, 5.74) is 5.77. The van der Waals surface area contributed by atoms with E-state index in [2.05, 4.69) is 50.4 Å². The van der Waals surface area contributed by atoms with Gasteiger partial charge in [0.05, 0.1) is 6.04 Å². The van der Waals surface area contributed by atoms with Gasteiger partial charge in [-0.1, -0.05) is 54.3 Å². The Balaban J connectivity index is 2.30. The second kappa shape index (κ2) is 6.91. The van der Waals surface area contributed by atoms with E-state index in [1.54, 1.807) is 5.57 Å². The first kappa shape index (κ1) is 14.3. The van der Waals surface area contributed by atoms with E-state index in [-0.39, 0.29) is 0 Å². The molecule has 0 aliphatic heterocycles. The highest BCUT2D eigenvalue weighted by Gasteiger charge is 2.17. The van der Waals surface area contributed by atoms with E-state index in [4.69, 9.17) is 0 Å². The molecule has 0 saturated heterocycles. The Morgan fingerprint density at radius 1 is 1.05 bits per heavy atom. The smallest absolute Gasteiger partial charge is 0.0536 e. The van der Waals surface area contributed by atoms with Gasteiger partial charge in [-0.3, -0.25) is 0 Å². The molecule has 1 N–H and O–H groups in total. The zero-order valence-electron chi connectivity index (χ0n) is 12.6. The van der Waals surface area contributed by atoms with Crippen LogP contribution in [-0.2, 0) is 0 Å². The molecule has 0 fully saturated rings. The molecule has 1 aliphatic rings. The van der Waals surface area contributed by atoms with Crippen molar-refractivity contribution in [1.82, 2.24) is 5.32 Å². The molecule has 2 rings (SSSR count). The molecule has 19 heavy (non-hydrogen) atoms. The van der Waals surface area contributed by atoms with E-state index < -0.39 is 0 Å². The molecule has 1 unspecified atom stereocenters. The SMILES string of the molecule is CCNC(C1=CCCCCC1)c1cc(C)cc(C)c1. The van der Waals surface area contributed by atoms with Crippen LogP contribution in [0.2, 0.25) is 0 Å². The van der Waals surface area contributed by atoms with Gasteiger partial charge in [-0.15, -0.1) is 0 Å². The molecule has 0 radical (unpaired) electrons. The average molecular weight is 257 g/mol. The van der Waals surface area contributed by atoms with Crippen LogP contribution in [0, 0.1) is 13.8 Å². The number of allylic oxidation sites excluding steroid dienone is 1. The number of likely N-dealkylation sites (N-methyl/N-ethyl adjacent to an activating group) is 1. The summed E-state index contributed by atoms with van der Waals surface area (Å²) in [6.45, 7) is 7.61. The van der Waals surface area contributed by atoms with Gasteiger partial charge >= 0.3 is 0 Å². The minimum Gasteiger partial charge on any atom is -0.307 e. The fraction of sp³-hybridized carbons (Fsp3) is 0.556. The van der Waals surface area contributed by atoms with Gasteiger partial charge in [0.15, 0.2) is 0 Å². The first-order chi connectivity index (χ1) is 9.20. The van der Waals surface area contributed by atoms with Crippen LogP contribution in [0.1, 0.15) is 61.8 Å². The van der Waals surface area contributed by atoms with Gasteiger partial charge in [0.1, 0.15) is 0 Å². The molecular weight excluding hydrogens is 230 g/mol. The van der Waals surface area contributed by atoms with E-state index in [9.17, 15) is 0 Å². The highest BCUT2D eigenvalue weighted by atomic mass is 14.9. The number of aryl methyl sites for hydroxylation is 2. The topological polar surface area (TPSA) is 12.0 Å². The van der Waals surface area contributed by atoms with Gasteiger partial charge in [0.25, 0.3) is 0 Å². The molecule has 1 heteroatoms. The van der Waals surface area contributed by atoms with Gasteiger partial charge in [0.2, 0.25) is 0 Å². The third-order valence-corrected chi connectivity index (χ3v) is 3.93. The maximum Gasteiger partial charge on any atom is 0.0536 e. The van der Waals surface area contributed by atoms with E-state index >= 15 is 0 Å². The normalized spacial score (nSPS) is 17.7. The van der Waals surface area contributed by atoms with Crippen molar-refractivity contribution in [2.75, 3.05) is 6.54 Å². The number of hydrogen-bond donors (Lipinski definition) is 1. The first-order valence-corrected chi connectivity index (χ1v) is 7.71. The van der Waals surface area contributed by atoms with E-state index in [0.717, 1.165) is 6.54 Å². The molecule has 1 aromatic rings. The number of benzene rings is 1. The van der Waals surface area contributed by atoms with Gasteiger partial charge in [-0.25, -0.2) is 0 Å². The first-order valence-electron chi connectivity index (χ1n) is 7.71. The van der Waals surface area contributed by atoms with E-state index in [0.29, 0.717) is 6.04 Å². The number of hydrogen-bond acceptors (Lipinski definition) is 1. The van der Waals surface area contributed by atoms with Crippen LogP contribution in [0.25, 0.3) is 0 Å². The molecular formula is C18H27N. The summed E-state index contributed by atoms with van der Waals surface area (Å²) in [6, 6.07) is 7.35. The van der Waals surface area contributed by atoms with Crippen LogP contribution in [-0.4, -0.2) is 6.54 Å². The Morgan fingerprint density at radius 2 is 1.79 bits per heavy atom. The van der Waals surface area contributed by atoms with Crippen molar-refractivity contribution in [3.05, 3.63) is 46.5 Å². The predicted octanol–water partition coefficient (Wildman–Crippen LogP) is 4.84. The largest absolute Gasteiger partial charge is 0.307 e. The van der Waals surface area contributed by atoms with Crippen molar-refractivity contribution < 1.29 is 0 Å². The van der Waals surface area contributed by atoms with Crippen LogP contribution < -0.4 is 5.32 Å². The fourth-order valence-corrected chi connectivity index (χ4v) is 3.15. The lowest BCUT2D eigenvalue weighted by molar-refractivity contribution is 0.589. The maximum absolute atomic E-state index is 3.68. The van der Waals surface area contributed by atoms with Crippen molar-refractivity contribution in [3.63, 3.8) is 0 Å². The molecule has 1 aliphatic carbocycles. The zero-order valence-corrected chi connectivity index (χ0v) is 12.6. The third-order valence-electron chi connectivity index (χ3n) is 3.93. The van der Waals surface area contributed by atoms with Gasteiger partial charge in [-0.2, -0.15) is 0 Å². The Kier molecular flexibility index (Phi) is 5.21.